The molecule has 2 aromatic heterocycles. The summed E-state index contributed by atoms with van der Waals surface area (Å²) in [7, 11) is 0. The molecular weight excluding hydrogens is 458 g/mol. The van der Waals surface area contributed by atoms with Crippen molar-refractivity contribution in [2.24, 2.45) is 0 Å². The molecule has 35 heavy (non-hydrogen) atoms. The highest BCUT2D eigenvalue weighted by Crippen LogP contribution is 2.25. The van der Waals surface area contributed by atoms with Crippen molar-refractivity contribution in [1.29, 1.82) is 0 Å². The lowest BCUT2D eigenvalue weighted by molar-refractivity contribution is -0.113. The Hall–Kier alpha value is -3.91. The topological polar surface area (TPSA) is 81.3 Å². The zero-order valence-corrected chi connectivity index (χ0v) is 20.8. The molecule has 1 N–H and O–H groups in total. The minimum Gasteiger partial charge on any atom is -0.325 e. The van der Waals surface area contributed by atoms with E-state index < -0.39 is 0 Å². The lowest BCUT2D eigenvalue weighted by atomic mass is 10.1. The molecule has 2 heterocycles. The van der Waals surface area contributed by atoms with E-state index in [1.165, 1.54) is 11.8 Å². The van der Waals surface area contributed by atoms with Crippen LogP contribution in [0.3, 0.4) is 0 Å². The van der Waals surface area contributed by atoms with Crippen LogP contribution in [0.5, 0.6) is 0 Å². The third-order valence-electron chi connectivity index (χ3n) is 5.99. The van der Waals surface area contributed by atoms with E-state index >= 15 is 0 Å². The quantitative estimate of drug-likeness (QED) is 0.356. The Morgan fingerprint density at radius 2 is 1.66 bits per heavy atom. The molecule has 0 spiro atoms. The van der Waals surface area contributed by atoms with E-state index in [-0.39, 0.29) is 17.2 Å². The minimum absolute atomic E-state index is 0.133. The van der Waals surface area contributed by atoms with Crippen LogP contribution in [0.15, 0.2) is 70.6 Å². The van der Waals surface area contributed by atoms with Crippen LogP contribution in [0.25, 0.3) is 22.4 Å². The summed E-state index contributed by atoms with van der Waals surface area (Å²) >= 11 is 1.29. The number of hydrogen-bond donors (Lipinski definition) is 1. The summed E-state index contributed by atoms with van der Waals surface area (Å²) < 4.78 is 3.46. The molecular formula is C27H25N5O2S. The molecule has 5 aromatic rings. The fourth-order valence-electron chi connectivity index (χ4n) is 4.22. The highest BCUT2D eigenvalue weighted by atomic mass is 32.2. The van der Waals surface area contributed by atoms with Crippen LogP contribution < -0.4 is 10.9 Å². The number of anilines is 1. The molecule has 0 fully saturated rings. The van der Waals surface area contributed by atoms with Gasteiger partial charge < -0.3 is 5.32 Å². The van der Waals surface area contributed by atoms with Gasteiger partial charge >= 0.3 is 0 Å². The lowest BCUT2D eigenvalue weighted by Gasteiger charge is -2.14. The van der Waals surface area contributed by atoms with Crippen molar-refractivity contribution >= 4 is 40.0 Å². The Morgan fingerprint density at radius 1 is 0.914 bits per heavy atom. The fraction of sp³-hybridized carbons (Fsp3) is 0.185. The molecule has 1 amide bonds. The first-order chi connectivity index (χ1) is 16.8. The Balaban J connectivity index is 1.56. The number of carbonyl (C=O) groups excluding carboxylic acids is 1. The number of aryl methyl sites for hydroxylation is 4. The highest BCUT2D eigenvalue weighted by Gasteiger charge is 2.19. The summed E-state index contributed by atoms with van der Waals surface area (Å²) in [6.07, 6.45) is 0. The van der Waals surface area contributed by atoms with E-state index in [0.717, 1.165) is 33.6 Å². The average Bonchev–Trinajstić information content (AvgIpc) is 3.26. The normalized spacial score (nSPS) is 11.3. The molecule has 0 saturated carbocycles. The predicted molar refractivity (Wildman–Crippen MR) is 141 cm³/mol. The number of rotatable bonds is 5. The van der Waals surface area contributed by atoms with Gasteiger partial charge in [0.1, 0.15) is 0 Å². The number of amides is 1. The van der Waals surface area contributed by atoms with Crippen molar-refractivity contribution in [3.8, 4) is 5.69 Å². The maximum atomic E-state index is 13.6. The third kappa shape index (κ3) is 4.21. The molecule has 0 radical (unpaired) electrons. The summed E-state index contributed by atoms with van der Waals surface area (Å²) in [6, 6.07) is 19.3. The summed E-state index contributed by atoms with van der Waals surface area (Å²) in [4.78, 5) is 26.3. The first-order valence-corrected chi connectivity index (χ1v) is 12.3. The zero-order chi connectivity index (χ0) is 24.7. The smallest absolute Gasteiger partial charge is 0.267 e. The van der Waals surface area contributed by atoms with Crippen molar-refractivity contribution in [3.05, 3.63) is 93.3 Å². The second-order valence-corrected chi connectivity index (χ2v) is 9.66. The zero-order valence-electron chi connectivity index (χ0n) is 20.0. The van der Waals surface area contributed by atoms with Gasteiger partial charge in [-0.3, -0.25) is 14.0 Å². The van der Waals surface area contributed by atoms with Gasteiger partial charge in [-0.25, -0.2) is 4.57 Å². The summed E-state index contributed by atoms with van der Waals surface area (Å²) in [5.74, 6) is 0.441. The minimum atomic E-state index is -0.154. The van der Waals surface area contributed by atoms with E-state index in [2.05, 4.69) is 15.5 Å². The van der Waals surface area contributed by atoms with Crippen LogP contribution in [0, 0.1) is 27.7 Å². The number of carbonyl (C=O) groups is 1. The van der Waals surface area contributed by atoms with Gasteiger partial charge in [-0.05, 0) is 68.7 Å². The van der Waals surface area contributed by atoms with Crippen LogP contribution in [-0.4, -0.2) is 30.8 Å². The van der Waals surface area contributed by atoms with Gasteiger partial charge in [0.2, 0.25) is 11.7 Å². The number of nitrogens with one attached hydrogen (secondary N) is 1. The molecule has 176 valence electrons. The monoisotopic (exact) mass is 483 g/mol. The molecule has 0 aliphatic carbocycles. The van der Waals surface area contributed by atoms with Gasteiger partial charge in [-0.15, -0.1) is 10.2 Å². The molecule has 0 unspecified atom stereocenters. The second-order valence-electron chi connectivity index (χ2n) is 8.72. The van der Waals surface area contributed by atoms with Crippen molar-refractivity contribution in [2.45, 2.75) is 32.9 Å². The Bertz CT molecular complexity index is 1670. The second kappa shape index (κ2) is 9.03. The number of thioether (sulfide) groups is 1. The fourth-order valence-corrected chi connectivity index (χ4v) is 4.96. The predicted octanol–water partition coefficient (Wildman–Crippen LogP) is 5.00. The van der Waals surface area contributed by atoms with Crippen LogP contribution in [0.1, 0.15) is 22.3 Å². The van der Waals surface area contributed by atoms with Crippen LogP contribution >= 0.6 is 11.8 Å². The third-order valence-corrected chi connectivity index (χ3v) is 6.92. The van der Waals surface area contributed by atoms with Crippen LogP contribution in [0.4, 0.5) is 5.69 Å². The maximum absolute atomic E-state index is 13.6. The van der Waals surface area contributed by atoms with Crippen molar-refractivity contribution in [2.75, 3.05) is 11.1 Å². The van der Waals surface area contributed by atoms with Crippen LogP contribution in [0.2, 0.25) is 0 Å². The molecule has 8 heteroatoms. The molecule has 3 aromatic carbocycles. The highest BCUT2D eigenvalue weighted by molar-refractivity contribution is 7.99. The van der Waals surface area contributed by atoms with Gasteiger partial charge in [0.05, 0.1) is 22.3 Å². The Labute approximate surface area is 206 Å². The molecule has 0 saturated heterocycles. The Kier molecular flexibility index (Phi) is 5.90. The number of benzene rings is 3. The molecule has 0 aliphatic heterocycles. The van der Waals surface area contributed by atoms with Gasteiger partial charge in [0.15, 0.2) is 5.16 Å². The maximum Gasteiger partial charge on any atom is 0.267 e. The van der Waals surface area contributed by atoms with E-state index in [1.54, 1.807) is 10.6 Å². The van der Waals surface area contributed by atoms with E-state index in [1.807, 2.05) is 86.7 Å². The largest absolute Gasteiger partial charge is 0.325 e. The molecule has 5 rings (SSSR count). The SMILES string of the molecule is Cc1ccc(NC(=O)CSc2nnc3n(-c4cc(C)ccc4C)c(=O)c4ccccc4n23)c(C)c1. The average molecular weight is 484 g/mol. The first kappa shape index (κ1) is 22.9. The summed E-state index contributed by atoms with van der Waals surface area (Å²) in [5.41, 5.74) is 6.27. The van der Waals surface area contributed by atoms with Crippen LogP contribution in [-0.2, 0) is 4.79 Å². The molecule has 0 atom stereocenters. The summed E-state index contributed by atoms with van der Waals surface area (Å²) in [5, 5.41) is 12.8. The Morgan fingerprint density at radius 3 is 2.46 bits per heavy atom. The van der Waals surface area contributed by atoms with Gasteiger partial charge in [0, 0.05) is 5.69 Å². The van der Waals surface area contributed by atoms with E-state index in [0.29, 0.717) is 21.8 Å². The van der Waals surface area contributed by atoms with Crippen molar-refractivity contribution in [1.82, 2.24) is 19.2 Å². The molecule has 0 aliphatic rings. The molecule has 0 bridgehead atoms. The van der Waals surface area contributed by atoms with Crippen molar-refractivity contribution < 1.29 is 4.79 Å². The van der Waals surface area contributed by atoms with E-state index in [9.17, 15) is 9.59 Å². The standard InChI is InChI=1S/C27H25N5O2S/c1-16-10-12-21(19(4)13-16)28-24(33)15-35-27-30-29-26-31(23-14-17(2)9-11-18(23)3)25(34)20-7-5-6-8-22(20)32(26)27/h5-14H,15H2,1-4H3,(H,28,33). The van der Waals surface area contributed by atoms with Gasteiger partial charge in [-0.2, -0.15) is 0 Å². The number of fused-ring (bicyclic) bond motifs is 3. The van der Waals surface area contributed by atoms with E-state index in [4.69, 9.17) is 0 Å². The van der Waals surface area contributed by atoms with Crippen molar-refractivity contribution in [3.63, 3.8) is 0 Å². The number of aromatic nitrogens is 4. The lowest BCUT2D eigenvalue weighted by Crippen LogP contribution is -2.22. The summed E-state index contributed by atoms with van der Waals surface area (Å²) in [6.45, 7) is 7.95. The molecule has 7 nitrogen and oxygen atoms in total. The number of nitrogens with zero attached hydrogens (tertiary/aromatic N) is 4. The number of para-hydroxylation sites is 1. The number of hydrogen-bond acceptors (Lipinski definition) is 5. The van der Waals surface area contributed by atoms with Gasteiger partial charge in [-0.1, -0.05) is 53.7 Å². The first-order valence-electron chi connectivity index (χ1n) is 11.3. The van der Waals surface area contributed by atoms with Gasteiger partial charge in [0.25, 0.3) is 5.56 Å².